The van der Waals surface area contributed by atoms with E-state index in [4.69, 9.17) is 4.74 Å². The van der Waals surface area contributed by atoms with Crippen LogP contribution >= 0.6 is 0 Å². The molecule has 1 aliphatic heterocycles. The van der Waals surface area contributed by atoms with Crippen LogP contribution in [0.25, 0.3) is 0 Å². The Morgan fingerprint density at radius 1 is 1.36 bits per heavy atom. The molecule has 1 nitrogen and oxygen atoms in total. The second-order valence-corrected chi connectivity index (χ2v) is 4.15. The Balaban J connectivity index is 1.81. The van der Waals surface area contributed by atoms with Crippen molar-refractivity contribution >= 4 is 0 Å². The molecule has 1 aliphatic carbocycles. The van der Waals surface area contributed by atoms with Crippen molar-refractivity contribution in [2.24, 2.45) is 11.8 Å². The van der Waals surface area contributed by atoms with E-state index in [1.165, 1.54) is 25.7 Å². The van der Waals surface area contributed by atoms with Gasteiger partial charge in [-0.3, -0.25) is 0 Å². The lowest BCUT2D eigenvalue weighted by molar-refractivity contribution is 0.314. The van der Waals surface area contributed by atoms with Crippen LogP contribution in [0, 0.1) is 11.8 Å². The monoisotopic (exact) mass is 154 g/mol. The average molecular weight is 154 g/mol. The van der Waals surface area contributed by atoms with Gasteiger partial charge in [0.1, 0.15) is 0 Å². The lowest BCUT2D eigenvalue weighted by Gasteiger charge is -2.05. The molecule has 4 unspecified atom stereocenters. The van der Waals surface area contributed by atoms with Crippen LogP contribution < -0.4 is 0 Å². The summed E-state index contributed by atoms with van der Waals surface area (Å²) in [5.74, 6) is 1.92. The fourth-order valence-corrected chi connectivity index (χ4v) is 2.48. The molecule has 0 aromatic rings. The first-order valence-electron chi connectivity index (χ1n) is 4.96. The minimum atomic E-state index is 0.579. The zero-order chi connectivity index (χ0) is 7.84. The van der Waals surface area contributed by atoms with E-state index < -0.39 is 0 Å². The zero-order valence-electron chi connectivity index (χ0n) is 7.55. The van der Waals surface area contributed by atoms with Crippen molar-refractivity contribution < 1.29 is 4.74 Å². The second kappa shape index (κ2) is 2.78. The Morgan fingerprint density at radius 2 is 2.09 bits per heavy atom. The van der Waals surface area contributed by atoms with Gasteiger partial charge in [-0.2, -0.15) is 0 Å². The first-order chi connectivity index (χ1) is 5.31. The minimum absolute atomic E-state index is 0.579. The van der Waals surface area contributed by atoms with Gasteiger partial charge in [0.25, 0.3) is 0 Å². The lowest BCUT2D eigenvalue weighted by atomic mass is 9.99. The molecule has 64 valence electrons. The molecule has 0 spiro atoms. The van der Waals surface area contributed by atoms with Crippen molar-refractivity contribution in [1.29, 1.82) is 0 Å². The summed E-state index contributed by atoms with van der Waals surface area (Å²) in [6, 6.07) is 0. The van der Waals surface area contributed by atoms with Crippen molar-refractivity contribution in [3.05, 3.63) is 0 Å². The molecule has 0 aromatic carbocycles. The highest BCUT2D eigenvalue weighted by Crippen LogP contribution is 2.42. The highest BCUT2D eigenvalue weighted by molar-refractivity contribution is 4.91. The molecule has 0 aromatic heterocycles. The Labute approximate surface area is 69.1 Å². The van der Waals surface area contributed by atoms with Gasteiger partial charge in [0.2, 0.25) is 0 Å². The third-order valence-electron chi connectivity index (χ3n) is 3.38. The summed E-state index contributed by atoms with van der Waals surface area (Å²) in [6.45, 7) is 4.51. The van der Waals surface area contributed by atoms with Gasteiger partial charge in [0, 0.05) is 0 Å². The van der Waals surface area contributed by atoms with E-state index in [2.05, 4.69) is 13.8 Å². The molecule has 1 saturated carbocycles. The fourth-order valence-electron chi connectivity index (χ4n) is 2.48. The number of hydrogen-bond acceptors (Lipinski definition) is 1. The van der Waals surface area contributed by atoms with E-state index in [0.29, 0.717) is 12.2 Å². The van der Waals surface area contributed by atoms with Gasteiger partial charge in [-0.25, -0.2) is 0 Å². The Kier molecular flexibility index (Phi) is 1.92. The highest BCUT2D eigenvalue weighted by atomic mass is 16.6. The SMILES string of the molecule is CCC1CCC(C2OC2C)C1. The van der Waals surface area contributed by atoms with Crippen molar-refractivity contribution in [2.45, 2.75) is 51.7 Å². The van der Waals surface area contributed by atoms with Crippen molar-refractivity contribution in [3.63, 3.8) is 0 Å². The highest BCUT2D eigenvalue weighted by Gasteiger charge is 2.43. The molecular formula is C10H18O. The fraction of sp³-hybridized carbons (Fsp3) is 1.00. The Morgan fingerprint density at radius 3 is 2.55 bits per heavy atom. The normalized spacial score (nSPS) is 49.6. The Hall–Kier alpha value is -0.0400. The van der Waals surface area contributed by atoms with Gasteiger partial charge in [0.05, 0.1) is 12.2 Å². The summed E-state index contributed by atoms with van der Waals surface area (Å²) in [4.78, 5) is 0. The first-order valence-corrected chi connectivity index (χ1v) is 4.96. The average Bonchev–Trinajstić information content (AvgIpc) is 2.59. The van der Waals surface area contributed by atoms with E-state index >= 15 is 0 Å². The molecule has 0 bridgehead atoms. The molecular weight excluding hydrogens is 136 g/mol. The van der Waals surface area contributed by atoms with Gasteiger partial charge < -0.3 is 4.74 Å². The number of ether oxygens (including phenoxy) is 1. The van der Waals surface area contributed by atoms with E-state index in [-0.39, 0.29) is 0 Å². The standard InChI is InChI=1S/C10H18O/c1-3-8-4-5-9(6-8)10-7(2)11-10/h7-10H,3-6H2,1-2H3. The number of hydrogen-bond donors (Lipinski definition) is 0. The summed E-state index contributed by atoms with van der Waals surface area (Å²) in [5.41, 5.74) is 0. The largest absolute Gasteiger partial charge is 0.370 e. The van der Waals surface area contributed by atoms with Crippen molar-refractivity contribution in [1.82, 2.24) is 0 Å². The molecule has 2 rings (SSSR count). The molecule has 4 atom stereocenters. The molecule has 0 radical (unpaired) electrons. The third kappa shape index (κ3) is 1.44. The minimum Gasteiger partial charge on any atom is -0.370 e. The molecule has 1 saturated heterocycles. The van der Waals surface area contributed by atoms with Gasteiger partial charge in [-0.05, 0) is 31.6 Å². The van der Waals surface area contributed by atoms with Gasteiger partial charge in [0.15, 0.2) is 0 Å². The maximum Gasteiger partial charge on any atom is 0.0867 e. The summed E-state index contributed by atoms with van der Waals surface area (Å²) in [5, 5.41) is 0. The van der Waals surface area contributed by atoms with Crippen LogP contribution in [-0.4, -0.2) is 12.2 Å². The van der Waals surface area contributed by atoms with Crippen LogP contribution in [0.2, 0.25) is 0 Å². The van der Waals surface area contributed by atoms with Crippen LogP contribution in [0.1, 0.15) is 39.5 Å². The third-order valence-corrected chi connectivity index (χ3v) is 3.38. The van der Waals surface area contributed by atoms with Crippen LogP contribution in [0.15, 0.2) is 0 Å². The van der Waals surface area contributed by atoms with E-state index in [0.717, 1.165) is 11.8 Å². The van der Waals surface area contributed by atoms with Crippen LogP contribution in [0.3, 0.4) is 0 Å². The topological polar surface area (TPSA) is 12.5 Å². The summed E-state index contributed by atoms with van der Waals surface area (Å²) in [7, 11) is 0. The molecule has 11 heavy (non-hydrogen) atoms. The summed E-state index contributed by atoms with van der Waals surface area (Å²) >= 11 is 0. The molecule has 0 N–H and O–H groups in total. The predicted octanol–water partition coefficient (Wildman–Crippen LogP) is 2.60. The van der Waals surface area contributed by atoms with E-state index in [1.807, 2.05) is 0 Å². The van der Waals surface area contributed by atoms with Gasteiger partial charge in [-0.1, -0.05) is 19.8 Å². The maximum atomic E-state index is 5.49. The first kappa shape index (κ1) is 7.60. The number of rotatable bonds is 2. The summed E-state index contributed by atoms with van der Waals surface area (Å²) < 4.78 is 5.49. The zero-order valence-corrected chi connectivity index (χ0v) is 7.55. The molecule has 2 aliphatic rings. The lowest BCUT2D eigenvalue weighted by Crippen LogP contribution is -2.05. The van der Waals surface area contributed by atoms with E-state index in [9.17, 15) is 0 Å². The van der Waals surface area contributed by atoms with Crippen LogP contribution in [0.4, 0.5) is 0 Å². The smallest absolute Gasteiger partial charge is 0.0867 e. The second-order valence-electron chi connectivity index (χ2n) is 4.15. The summed E-state index contributed by atoms with van der Waals surface area (Å²) in [6.07, 6.45) is 6.91. The van der Waals surface area contributed by atoms with Gasteiger partial charge >= 0.3 is 0 Å². The Bertz CT molecular complexity index is 144. The van der Waals surface area contributed by atoms with Crippen LogP contribution in [0.5, 0.6) is 0 Å². The quantitative estimate of drug-likeness (QED) is 0.557. The molecule has 1 heterocycles. The van der Waals surface area contributed by atoms with E-state index in [1.54, 1.807) is 0 Å². The predicted molar refractivity (Wildman–Crippen MR) is 45.5 cm³/mol. The maximum absolute atomic E-state index is 5.49. The van der Waals surface area contributed by atoms with Gasteiger partial charge in [-0.15, -0.1) is 0 Å². The molecule has 1 heteroatoms. The number of epoxide rings is 1. The molecule has 2 fully saturated rings. The van der Waals surface area contributed by atoms with Crippen molar-refractivity contribution in [3.8, 4) is 0 Å². The van der Waals surface area contributed by atoms with Crippen LogP contribution in [-0.2, 0) is 4.74 Å². The van der Waals surface area contributed by atoms with Crippen molar-refractivity contribution in [2.75, 3.05) is 0 Å². The molecule has 0 amide bonds.